The molecular formula is C34H45N3O4. The molecule has 0 aliphatic rings. The van der Waals surface area contributed by atoms with E-state index in [4.69, 9.17) is 25.8 Å². The van der Waals surface area contributed by atoms with E-state index in [1.807, 2.05) is 75.4 Å². The summed E-state index contributed by atoms with van der Waals surface area (Å²) in [5.41, 5.74) is 11.5. The van der Waals surface area contributed by atoms with E-state index in [0.717, 1.165) is 33.6 Å². The second-order valence-corrected chi connectivity index (χ2v) is 10.9. The fraction of sp³-hybridized carbons (Fsp3) is 0.382. The quantitative estimate of drug-likeness (QED) is 0.127. The summed E-state index contributed by atoms with van der Waals surface area (Å²) >= 11 is 0. The Morgan fingerprint density at radius 2 is 1.66 bits per heavy atom. The third kappa shape index (κ3) is 9.37. The van der Waals surface area contributed by atoms with Crippen LogP contribution in [-0.2, 0) is 34.1 Å². The maximum Gasteiger partial charge on any atom is 0.312 e. The summed E-state index contributed by atoms with van der Waals surface area (Å²) in [6.07, 6.45) is 3.00. The molecule has 0 spiro atoms. The van der Waals surface area contributed by atoms with Crippen LogP contribution >= 0.6 is 0 Å². The molecule has 0 saturated carbocycles. The van der Waals surface area contributed by atoms with Crippen molar-refractivity contribution in [2.45, 2.75) is 66.3 Å². The van der Waals surface area contributed by atoms with Gasteiger partial charge in [-0.1, -0.05) is 60.7 Å². The zero-order valence-electron chi connectivity index (χ0n) is 25.1. The molecule has 0 radical (unpaired) electrons. The molecule has 0 fully saturated rings. The summed E-state index contributed by atoms with van der Waals surface area (Å²) in [6.45, 7) is 9.76. The molecule has 4 N–H and O–H groups in total. The van der Waals surface area contributed by atoms with E-state index in [-0.39, 0.29) is 18.5 Å². The highest BCUT2D eigenvalue weighted by Crippen LogP contribution is 2.41. The summed E-state index contributed by atoms with van der Waals surface area (Å²) in [7, 11) is 1.65. The van der Waals surface area contributed by atoms with E-state index >= 15 is 0 Å². The molecule has 1 unspecified atom stereocenters. The van der Waals surface area contributed by atoms with Crippen molar-refractivity contribution in [3.63, 3.8) is 0 Å². The molecule has 0 amide bonds. The summed E-state index contributed by atoms with van der Waals surface area (Å²) in [4.78, 5) is 13.5. The van der Waals surface area contributed by atoms with Crippen molar-refractivity contribution in [2.75, 3.05) is 13.7 Å². The second kappa shape index (κ2) is 15.3. The molecule has 3 rings (SSSR count). The van der Waals surface area contributed by atoms with Crippen LogP contribution in [-0.4, -0.2) is 24.6 Å². The van der Waals surface area contributed by atoms with Gasteiger partial charge < -0.3 is 25.0 Å². The molecule has 7 heteroatoms. The number of hydrogen-bond donors (Lipinski definition) is 2. The smallest absolute Gasteiger partial charge is 0.312 e. The van der Waals surface area contributed by atoms with Crippen LogP contribution in [0, 0.1) is 12.3 Å². The van der Waals surface area contributed by atoms with E-state index in [1.54, 1.807) is 18.3 Å². The van der Waals surface area contributed by atoms with Gasteiger partial charge in [-0.05, 0) is 86.4 Å². The van der Waals surface area contributed by atoms with Gasteiger partial charge in [-0.3, -0.25) is 4.79 Å². The molecule has 41 heavy (non-hydrogen) atoms. The first-order valence-electron chi connectivity index (χ1n) is 14.1. The highest BCUT2D eigenvalue weighted by Gasteiger charge is 2.39. The SMILES string of the molecule is CCN(N)/C=C(\N)CCC(c1ccc(C)c(COCc2ccc(OC)cc2)c1)C(C)(C)C(=O)OCc1ccccc1. The lowest BCUT2D eigenvalue weighted by atomic mass is 9.72. The van der Waals surface area contributed by atoms with E-state index in [1.165, 1.54) is 0 Å². The van der Waals surface area contributed by atoms with Crippen LogP contribution in [0.5, 0.6) is 5.75 Å². The third-order valence-electron chi connectivity index (χ3n) is 7.49. The van der Waals surface area contributed by atoms with Gasteiger partial charge in [0.15, 0.2) is 0 Å². The minimum Gasteiger partial charge on any atom is -0.497 e. The number of benzene rings is 3. The summed E-state index contributed by atoms with van der Waals surface area (Å²) in [6, 6.07) is 23.9. The van der Waals surface area contributed by atoms with Gasteiger partial charge in [0.1, 0.15) is 12.4 Å². The number of carbonyl (C=O) groups is 1. The number of nitrogens with zero attached hydrogens (tertiary/aromatic N) is 1. The van der Waals surface area contributed by atoms with Crippen molar-refractivity contribution in [3.05, 3.63) is 113 Å². The molecular weight excluding hydrogens is 514 g/mol. The number of esters is 1. The van der Waals surface area contributed by atoms with Crippen molar-refractivity contribution in [1.82, 2.24) is 5.01 Å². The molecule has 0 aliphatic carbocycles. The van der Waals surface area contributed by atoms with Gasteiger partial charge in [0.25, 0.3) is 0 Å². The fourth-order valence-corrected chi connectivity index (χ4v) is 4.74. The number of allylic oxidation sites excluding steroid dienone is 1. The van der Waals surface area contributed by atoms with Crippen molar-refractivity contribution in [2.24, 2.45) is 17.0 Å². The van der Waals surface area contributed by atoms with Crippen LogP contribution in [0.2, 0.25) is 0 Å². The minimum absolute atomic E-state index is 0.147. The van der Waals surface area contributed by atoms with Gasteiger partial charge in [-0.2, -0.15) is 0 Å². The lowest BCUT2D eigenvalue weighted by Gasteiger charge is -2.33. The number of methoxy groups -OCH3 is 1. The lowest BCUT2D eigenvalue weighted by Crippen LogP contribution is -2.34. The Morgan fingerprint density at radius 1 is 0.976 bits per heavy atom. The first kappa shape index (κ1) is 31.7. The molecule has 7 nitrogen and oxygen atoms in total. The van der Waals surface area contributed by atoms with Crippen molar-refractivity contribution >= 4 is 5.97 Å². The zero-order chi connectivity index (χ0) is 29.8. The highest BCUT2D eigenvalue weighted by atomic mass is 16.5. The number of hydrogen-bond acceptors (Lipinski definition) is 7. The average Bonchev–Trinajstić information content (AvgIpc) is 2.98. The van der Waals surface area contributed by atoms with Gasteiger partial charge in [-0.15, -0.1) is 0 Å². The Labute approximate surface area is 245 Å². The molecule has 220 valence electrons. The van der Waals surface area contributed by atoms with Crippen LogP contribution in [0.3, 0.4) is 0 Å². The molecule has 0 saturated heterocycles. The van der Waals surface area contributed by atoms with Gasteiger partial charge in [0.05, 0.1) is 25.7 Å². The van der Waals surface area contributed by atoms with Crippen LogP contribution in [0.4, 0.5) is 0 Å². The van der Waals surface area contributed by atoms with E-state index in [2.05, 4.69) is 25.1 Å². The minimum atomic E-state index is -0.807. The average molecular weight is 560 g/mol. The van der Waals surface area contributed by atoms with Crippen LogP contribution < -0.4 is 16.3 Å². The summed E-state index contributed by atoms with van der Waals surface area (Å²) < 4.78 is 17.2. The van der Waals surface area contributed by atoms with E-state index in [0.29, 0.717) is 38.3 Å². The van der Waals surface area contributed by atoms with Crippen molar-refractivity contribution < 1.29 is 19.0 Å². The maximum absolute atomic E-state index is 13.5. The highest BCUT2D eigenvalue weighted by molar-refractivity contribution is 5.77. The predicted molar refractivity (Wildman–Crippen MR) is 163 cm³/mol. The van der Waals surface area contributed by atoms with Gasteiger partial charge >= 0.3 is 5.97 Å². The molecule has 0 aliphatic heterocycles. The maximum atomic E-state index is 13.5. The Morgan fingerprint density at radius 3 is 2.32 bits per heavy atom. The Kier molecular flexibility index (Phi) is 11.8. The molecule has 0 bridgehead atoms. The van der Waals surface area contributed by atoms with E-state index in [9.17, 15) is 4.79 Å². The monoisotopic (exact) mass is 559 g/mol. The molecule has 0 aromatic heterocycles. The van der Waals surface area contributed by atoms with E-state index < -0.39 is 5.41 Å². The number of aryl methyl sites for hydroxylation is 1. The number of ether oxygens (including phenoxy) is 3. The number of carbonyl (C=O) groups excluding carboxylic acids is 1. The predicted octanol–water partition coefficient (Wildman–Crippen LogP) is 6.35. The van der Waals surface area contributed by atoms with Crippen molar-refractivity contribution in [1.29, 1.82) is 0 Å². The standard InChI is InChI=1S/C34H45N3O4/c1-6-37(36)21-30(35)16-19-32(34(3,4)33(38)41-23-26-10-8-7-9-11-26)28-15-12-25(2)29(20-28)24-40-22-27-13-17-31(39-5)18-14-27/h7-15,17-18,20-21,32H,6,16,19,22-24,35-36H2,1-5H3/b30-21-. The number of hydrazine groups is 1. The molecule has 3 aromatic rings. The van der Waals surface area contributed by atoms with Gasteiger partial charge in [-0.25, -0.2) is 5.84 Å². The van der Waals surface area contributed by atoms with Crippen LogP contribution in [0.25, 0.3) is 0 Å². The zero-order valence-corrected chi connectivity index (χ0v) is 25.1. The number of nitrogens with two attached hydrogens (primary N) is 2. The molecule has 3 aromatic carbocycles. The fourth-order valence-electron chi connectivity index (χ4n) is 4.74. The normalized spacial score (nSPS) is 12.6. The van der Waals surface area contributed by atoms with Crippen LogP contribution in [0.15, 0.2) is 84.7 Å². The third-order valence-corrected chi connectivity index (χ3v) is 7.49. The topological polar surface area (TPSA) is 100 Å². The lowest BCUT2D eigenvalue weighted by molar-refractivity contribution is -0.156. The summed E-state index contributed by atoms with van der Waals surface area (Å²) in [5, 5.41) is 1.56. The first-order chi connectivity index (χ1) is 19.6. The Hall–Kier alpha value is -3.81. The van der Waals surface area contributed by atoms with Crippen molar-refractivity contribution in [3.8, 4) is 5.75 Å². The Bertz CT molecular complexity index is 1270. The largest absolute Gasteiger partial charge is 0.497 e. The molecule has 1 atom stereocenters. The van der Waals surface area contributed by atoms with Crippen LogP contribution in [0.1, 0.15) is 67.3 Å². The second-order valence-electron chi connectivity index (χ2n) is 10.9. The molecule has 0 heterocycles. The first-order valence-corrected chi connectivity index (χ1v) is 14.1. The summed E-state index contributed by atoms with van der Waals surface area (Å²) in [5.74, 6) is 6.36. The van der Waals surface area contributed by atoms with Gasteiger partial charge in [0.2, 0.25) is 0 Å². The number of rotatable bonds is 15. The van der Waals surface area contributed by atoms with Gasteiger partial charge in [0, 0.05) is 18.4 Å². The Balaban J connectivity index is 1.80.